The van der Waals surface area contributed by atoms with Crippen molar-refractivity contribution in [3.05, 3.63) is 0 Å². The van der Waals surface area contributed by atoms with Gasteiger partial charge in [-0.05, 0) is 0 Å². The Bertz CT molecular complexity index is 123. The predicted octanol–water partition coefficient (Wildman–Crippen LogP) is -0.513. The minimum Gasteiger partial charge on any atom is -0.264 e. The zero-order valence-corrected chi connectivity index (χ0v) is 3.96. The molecule has 7 heavy (non-hydrogen) atoms. The van der Waals surface area contributed by atoms with E-state index >= 15 is 0 Å². The Balaban J connectivity index is 0. The average Bonchev–Trinajstić information content (AvgIpc) is 1.36. The van der Waals surface area contributed by atoms with Crippen LogP contribution in [0.1, 0.15) is 0 Å². The van der Waals surface area contributed by atoms with Gasteiger partial charge in [0.2, 0.25) is 0 Å². The molecular formula is CH3NO4S. The maximum atomic E-state index is 8.74. The van der Waals surface area contributed by atoms with Crippen LogP contribution in [-0.2, 0) is 10.4 Å². The van der Waals surface area contributed by atoms with Crippen LogP contribution in [0.5, 0.6) is 0 Å². The van der Waals surface area contributed by atoms with Crippen LogP contribution in [0.3, 0.4) is 0 Å². The van der Waals surface area contributed by atoms with Crippen molar-refractivity contribution < 1.29 is 17.5 Å². The quantitative estimate of drug-likeness (QED) is 0.424. The van der Waals surface area contributed by atoms with Crippen molar-refractivity contribution in [2.75, 3.05) is 0 Å². The number of rotatable bonds is 0. The second-order valence-corrected chi connectivity index (χ2v) is 1.34. The molecule has 0 radical (unpaired) electrons. The lowest BCUT2D eigenvalue weighted by Gasteiger charge is -1.68. The SMILES string of the molecule is C#N.O=S(=O)(O)O. The maximum absolute atomic E-state index is 8.74. The Morgan fingerprint density at radius 3 is 1.29 bits per heavy atom. The molecular weight excluding hydrogens is 122 g/mol. The normalized spacial score (nSPS) is 8.57. The van der Waals surface area contributed by atoms with Crippen molar-refractivity contribution in [3.63, 3.8) is 0 Å². The van der Waals surface area contributed by atoms with E-state index < -0.39 is 10.4 Å². The molecule has 0 saturated carbocycles. The molecule has 42 valence electrons. The first-order valence-corrected chi connectivity index (χ1v) is 2.35. The monoisotopic (exact) mass is 125 g/mol. The predicted molar refractivity (Wildman–Crippen MR) is 20.8 cm³/mol. The molecule has 0 aromatic carbocycles. The van der Waals surface area contributed by atoms with Crippen LogP contribution in [0.4, 0.5) is 0 Å². The highest BCUT2D eigenvalue weighted by Crippen LogP contribution is 1.59. The standard InChI is InChI=1S/CHN.H2O4S/c1-2;1-5(2,3)4/h1H;(H2,1,2,3,4). The van der Waals surface area contributed by atoms with E-state index in [0.29, 0.717) is 0 Å². The molecule has 0 saturated heterocycles. The van der Waals surface area contributed by atoms with E-state index in [1.54, 1.807) is 0 Å². The van der Waals surface area contributed by atoms with Crippen molar-refractivity contribution >= 4 is 10.4 Å². The van der Waals surface area contributed by atoms with Crippen LogP contribution >= 0.6 is 0 Å². The minimum absolute atomic E-state index is 3.50. The Kier molecular flexibility index (Phi) is 4.87. The molecule has 6 heteroatoms. The second-order valence-electron chi connectivity index (χ2n) is 0.448. The molecule has 0 heterocycles. The molecule has 0 amide bonds. The van der Waals surface area contributed by atoms with Gasteiger partial charge in [0.25, 0.3) is 0 Å². The molecule has 0 aromatic rings. The molecule has 0 aliphatic carbocycles. The molecule has 0 aliphatic heterocycles. The van der Waals surface area contributed by atoms with Crippen molar-refractivity contribution in [2.24, 2.45) is 0 Å². The highest BCUT2D eigenvalue weighted by Gasteiger charge is 1.84. The van der Waals surface area contributed by atoms with Crippen LogP contribution in [0.25, 0.3) is 0 Å². The summed E-state index contributed by atoms with van der Waals surface area (Å²) in [6.07, 6.45) is 0. The lowest BCUT2D eigenvalue weighted by atomic mass is 11.9. The van der Waals surface area contributed by atoms with Gasteiger partial charge in [0, 0.05) is 6.57 Å². The first-order valence-electron chi connectivity index (χ1n) is 0.957. The van der Waals surface area contributed by atoms with Crippen molar-refractivity contribution in [3.8, 4) is 6.57 Å². The fraction of sp³-hybridized carbons (Fsp3) is 0. The molecule has 0 spiro atoms. The Morgan fingerprint density at radius 2 is 1.29 bits per heavy atom. The van der Waals surface area contributed by atoms with Crippen molar-refractivity contribution in [1.29, 1.82) is 5.26 Å². The fourth-order valence-corrected chi connectivity index (χ4v) is 0. The first kappa shape index (κ1) is 9.61. The molecule has 5 nitrogen and oxygen atoms in total. The van der Waals surface area contributed by atoms with E-state index in [9.17, 15) is 0 Å². The highest BCUT2D eigenvalue weighted by molar-refractivity contribution is 7.79. The van der Waals surface area contributed by atoms with Gasteiger partial charge in [-0.2, -0.15) is 8.42 Å². The maximum Gasteiger partial charge on any atom is 0.394 e. The van der Waals surface area contributed by atoms with Crippen molar-refractivity contribution in [2.45, 2.75) is 0 Å². The molecule has 0 bridgehead atoms. The summed E-state index contributed by atoms with van der Waals surface area (Å²) in [7, 11) is -4.67. The van der Waals surface area contributed by atoms with Crippen LogP contribution in [0.2, 0.25) is 0 Å². The van der Waals surface area contributed by atoms with Gasteiger partial charge in [-0.15, -0.1) is 0 Å². The summed E-state index contributed by atoms with van der Waals surface area (Å²) in [5.41, 5.74) is 0. The molecule has 0 aromatic heterocycles. The molecule has 0 atom stereocenters. The summed E-state index contributed by atoms with van der Waals surface area (Å²) in [6.45, 7) is 3.50. The lowest BCUT2D eigenvalue weighted by molar-refractivity contribution is 0.381. The number of nitrogens with zero attached hydrogens (tertiary/aromatic N) is 1. The minimum atomic E-state index is -4.67. The van der Waals surface area contributed by atoms with Gasteiger partial charge in [-0.3, -0.25) is 9.11 Å². The van der Waals surface area contributed by atoms with Gasteiger partial charge in [0.15, 0.2) is 0 Å². The first-order chi connectivity index (χ1) is 3.00. The summed E-state index contributed by atoms with van der Waals surface area (Å²) in [5, 5.41) is 6.50. The molecule has 0 rings (SSSR count). The van der Waals surface area contributed by atoms with E-state index in [-0.39, 0.29) is 0 Å². The van der Waals surface area contributed by atoms with Gasteiger partial charge in [0.1, 0.15) is 0 Å². The lowest BCUT2D eigenvalue weighted by Crippen LogP contribution is -1.89. The third kappa shape index (κ3) is 148. The third-order valence-corrected chi connectivity index (χ3v) is 0. The number of hydrogen-bond donors (Lipinski definition) is 2. The summed E-state index contributed by atoms with van der Waals surface area (Å²) < 4.78 is 31.6. The summed E-state index contributed by atoms with van der Waals surface area (Å²) in [4.78, 5) is 0. The van der Waals surface area contributed by atoms with Crippen LogP contribution < -0.4 is 0 Å². The zero-order valence-electron chi connectivity index (χ0n) is 3.14. The van der Waals surface area contributed by atoms with Crippen LogP contribution in [-0.4, -0.2) is 17.5 Å². The van der Waals surface area contributed by atoms with Gasteiger partial charge in [-0.25, -0.2) is 5.26 Å². The van der Waals surface area contributed by atoms with Gasteiger partial charge in [0.05, 0.1) is 0 Å². The van der Waals surface area contributed by atoms with Crippen molar-refractivity contribution in [1.82, 2.24) is 0 Å². The van der Waals surface area contributed by atoms with E-state index in [1.807, 2.05) is 0 Å². The van der Waals surface area contributed by atoms with Crippen LogP contribution in [0.15, 0.2) is 0 Å². The topological polar surface area (TPSA) is 98.4 Å². The molecule has 2 N–H and O–H groups in total. The Morgan fingerprint density at radius 1 is 1.29 bits per heavy atom. The Labute approximate surface area is 40.8 Å². The molecule has 0 aliphatic rings. The smallest absolute Gasteiger partial charge is 0.264 e. The summed E-state index contributed by atoms with van der Waals surface area (Å²) in [6, 6.07) is 0. The summed E-state index contributed by atoms with van der Waals surface area (Å²) >= 11 is 0. The molecule has 0 unspecified atom stereocenters. The average molecular weight is 125 g/mol. The third-order valence-electron chi connectivity index (χ3n) is 0. The van der Waals surface area contributed by atoms with E-state index in [2.05, 4.69) is 6.57 Å². The van der Waals surface area contributed by atoms with E-state index in [0.717, 1.165) is 0 Å². The van der Waals surface area contributed by atoms with Gasteiger partial charge >= 0.3 is 10.4 Å². The number of nitriles is 1. The highest BCUT2D eigenvalue weighted by atomic mass is 32.3. The number of hydrogen-bond acceptors (Lipinski definition) is 3. The Hall–Kier alpha value is -0.640. The molecule has 0 fully saturated rings. The van der Waals surface area contributed by atoms with Gasteiger partial charge < -0.3 is 0 Å². The summed E-state index contributed by atoms with van der Waals surface area (Å²) in [5.74, 6) is 0. The van der Waals surface area contributed by atoms with E-state index in [1.165, 1.54) is 0 Å². The second kappa shape index (κ2) is 3.55. The fourth-order valence-electron chi connectivity index (χ4n) is 0. The van der Waals surface area contributed by atoms with Gasteiger partial charge in [-0.1, -0.05) is 0 Å². The zero-order chi connectivity index (χ0) is 6.50. The van der Waals surface area contributed by atoms with Crippen LogP contribution in [0, 0.1) is 11.8 Å². The largest absolute Gasteiger partial charge is 0.394 e. The van der Waals surface area contributed by atoms with E-state index in [4.69, 9.17) is 22.8 Å².